The first-order valence-electron chi connectivity index (χ1n) is 9.61. The first-order valence-corrected chi connectivity index (χ1v) is 9.61. The van der Waals surface area contributed by atoms with Gasteiger partial charge < -0.3 is 24.8 Å². The molecule has 0 aromatic heterocycles. The van der Waals surface area contributed by atoms with E-state index in [-0.39, 0.29) is 0 Å². The van der Waals surface area contributed by atoms with Crippen molar-refractivity contribution >= 4 is 5.96 Å². The standard InChI is InChI=1S/C22H31N3O3/c1-4-23-22(24-16-18-9-11-20(27-3)12-10-18)25-17-19-7-5-8-21(15-19)28-14-6-13-26-2/h5,7-12,15H,4,6,13-14,16-17H2,1-3H3,(H2,23,24,25). The van der Waals surface area contributed by atoms with Crippen LogP contribution in [0.25, 0.3) is 0 Å². The van der Waals surface area contributed by atoms with Gasteiger partial charge in [0.25, 0.3) is 0 Å². The lowest BCUT2D eigenvalue weighted by atomic mass is 10.2. The Morgan fingerprint density at radius 3 is 2.46 bits per heavy atom. The van der Waals surface area contributed by atoms with Gasteiger partial charge in [0.05, 0.1) is 20.3 Å². The number of ether oxygens (including phenoxy) is 3. The molecule has 152 valence electrons. The molecule has 0 saturated carbocycles. The Bertz CT molecular complexity index is 717. The Labute approximate surface area is 167 Å². The minimum Gasteiger partial charge on any atom is -0.497 e. The fourth-order valence-corrected chi connectivity index (χ4v) is 2.57. The van der Waals surface area contributed by atoms with Crippen molar-refractivity contribution in [3.05, 3.63) is 59.7 Å². The first-order chi connectivity index (χ1) is 13.7. The Kier molecular flexibility index (Phi) is 9.72. The lowest BCUT2D eigenvalue weighted by Crippen LogP contribution is -2.36. The van der Waals surface area contributed by atoms with Gasteiger partial charge in [0.15, 0.2) is 5.96 Å². The van der Waals surface area contributed by atoms with Gasteiger partial charge in [-0.2, -0.15) is 0 Å². The largest absolute Gasteiger partial charge is 0.497 e. The van der Waals surface area contributed by atoms with Crippen LogP contribution in [0.1, 0.15) is 24.5 Å². The highest BCUT2D eigenvalue weighted by molar-refractivity contribution is 5.79. The van der Waals surface area contributed by atoms with E-state index in [9.17, 15) is 0 Å². The highest BCUT2D eigenvalue weighted by Crippen LogP contribution is 2.14. The summed E-state index contributed by atoms with van der Waals surface area (Å²) in [5, 5.41) is 6.64. The zero-order valence-electron chi connectivity index (χ0n) is 17.0. The van der Waals surface area contributed by atoms with E-state index in [0.717, 1.165) is 41.6 Å². The topological polar surface area (TPSA) is 64.1 Å². The molecule has 2 N–H and O–H groups in total. The lowest BCUT2D eigenvalue weighted by Gasteiger charge is -2.12. The summed E-state index contributed by atoms with van der Waals surface area (Å²) in [7, 11) is 3.37. The Balaban J connectivity index is 1.90. The molecule has 0 amide bonds. The zero-order chi connectivity index (χ0) is 20.0. The van der Waals surface area contributed by atoms with Crippen LogP contribution in [-0.4, -0.2) is 39.9 Å². The Morgan fingerprint density at radius 1 is 0.929 bits per heavy atom. The van der Waals surface area contributed by atoms with Crippen molar-refractivity contribution in [2.24, 2.45) is 4.99 Å². The summed E-state index contributed by atoms with van der Waals surface area (Å²) < 4.78 is 16.0. The Morgan fingerprint density at radius 2 is 1.75 bits per heavy atom. The normalized spacial score (nSPS) is 11.2. The number of benzene rings is 2. The number of nitrogens with zero attached hydrogens (tertiary/aromatic N) is 1. The van der Waals surface area contributed by atoms with E-state index in [2.05, 4.69) is 28.6 Å². The van der Waals surface area contributed by atoms with Crippen molar-refractivity contribution < 1.29 is 14.2 Å². The third-order valence-corrected chi connectivity index (χ3v) is 4.04. The number of aliphatic imine (C=N–C) groups is 1. The molecule has 0 radical (unpaired) electrons. The molecule has 28 heavy (non-hydrogen) atoms. The van der Waals surface area contributed by atoms with Crippen molar-refractivity contribution in [2.45, 2.75) is 26.4 Å². The number of guanidine groups is 1. The molecule has 0 spiro atoms. The van der Waals surface area contributed by atoms with Crippen LogP contribution in [0.2, 0.25) is 0 Å². The van der Waals surface area contributed by atoms with Crippen LogP contribution in [0.5, 0.6) is 11.5 Å². The molecule has 0 aliphatic carbocycles. The van der Waals surface area contributed by atoms with Crippen molar-refractivity contribution in [2.75, 3.05) is 34.0 Å². The van der Waals surface area contributed by atoms with Gasteiger partial charge in [0, 0.05) is 33.2 Å². The molecular weight excluding hydrogens is 354 g/mol. The second-order valence-electron chi connectivity index (χ2n) is 6.24. The predicted octanol–water partition coefficient (Wildman–Crippen LogP) is 3.37. The first kappa shape index (κ1) is 21.6. The minimum atomic E-state index is 0.577. The average molecular weight is 386 g/mol. The third-order valence-electron chi connectivity index (χ3n) is 4.04. The molecule has 0 bridgehead atoms. The van der Waals surface area contributed by atoms with Gasteiger partial charge in [-0.25, -0.2) is 4.99 Å². The monoisotopic (exact) mass is 385 g/mol. The summed E-state index contributed by atoms with van der Waals surface area (Å²) in [6, 6.07) is 16.0. The van der Waals surface area contributed by atoms with E-state index in [1.165, 1.54) is 0 Å². The van der Waals surface area contributed by atoms with Crippen LogP contribution in [-0.2, 0) is 17.8 Å². The highest BCUT2D eigenvalue weighted by atomic mass is 16.5. The van der Waals surface area contributed by atoms with Gasteiger partial charge in [-0.05, 0) is 42.3 Å². The van der Waals surface area contributed by atoms with Crippen molar-refractivity contribution in [1.82, 2.24) is 10.6 Å². The summed E-state index contributed by atoms with van der Waals surface area (Å²) in [5.74, 6) is 2.50. The highest BCUT2D eigenvalue weighted by Gasteiger charge is 2.01. The average Bonchev–Trinajstić information content (AvgIpc) is 2.74. The van der Waals surface area contributed by atoms with Gasteiger partial charge in [0.2, 0.25) is 0 Å². The van der Waals surface area contributed by atoms with E-state index >= 15 is 0 Å². The van der Waals surface area contributed by atoms with Crippen LogP contribution in [0.15, 0.2) is 53.5 Å². The molecule has 0 fully saturated rings. The van der Waals surface area contributed by atoms with Gasteiger partial charge in [0.1, 0.15) is 11.5 Å². The maximum Gasteiger partial charge on any atom is 0.191 e. The number of hydrogen-bond acceptors (Lipinski definition) is 4. The molecule has 2 aromatic rings. The smallest absolute Gasteiger partial charge is 0.191 e. The predicted molar refractivity (Wildman–Crippen MR) is 113 cm³/mol. The maximum absolute atomic E-state index is 5.76. The van der Waals surface area contributed by atoms with Crippen molar-refractivity contribution in [3.63, 3.8) is 0 Å². The van der Waals surface area contributed by atoms with Crippen LogP contribution in [0, 0.1) is 0 Å². The molecule has 0 unspecified atom stereocenters. The maximum atomic E-state index is 5.76. The van der Waals surface area contributed by atoms with E-state index < -0.39 is 0 Å². The molecule has 6 heteroatoms. The van der Waals surface area contributed by atoms with Gasteiger partial charge in [-0.1, -0.05) is 24.3 Å². The quantitative estimate of drug-likeness (QED) is 0.353. The van der Waals surface area contributed by atoms with E-state index in [1.807, 2.05) is 42.5 Å². The lowest BCUT2D eigenvalue weighted by molar-refractivity contribution is 0.172. The second-order valence-corrected chi connectivity index (χ2v) is 6.24. The number of nitrogens with one attached hydrogen (secondary N) is 2. The number of hydrogen-bond donors (Lipinski definition) is 2. The number of rotatable bonds is 11. The molecule has 0 heterocycles. The van der Waals surface area contributed by atoms with Crippen molar-refractivity contribution in [1.29, 1.82) is 0 Å². The van der Waals surface area contributed by atoms with Crippen molar-refractivity contribution in [3.8, 4) is 11.5 Å². The summed E-state index contributed by atoms with van der Waals surface area (Å²) in [6.07, 6.45) is 0.874. The molecule has 6 nitrogen and oxygen atoms in total. The van der Waals surface area contributed by atoms with Crippen LogP contribution >= 0.6 is 0 Å². The SMILES string of the molecule is CCNC(=NCc1cccc(OCCCOC)c1)NCc1ccc(OC)cc1. The Hall–Kier alpha value is -2.73. The van der Waals surface area contributed by atoms with Crippen LogP contribution < -0.4 is 20.1 Å². The van der Waals surface area contributed by atoms with Gasteiger partial charge in [-0.3, -0.25) is 0 Å². The molecule has 0 atom stereocenters. The molecule has 0 aliphatic rings. The third kappa shape index (κ3) is 7.88. The van der Waals surface area contributed by atoms with Crippen LogP contribution in [0.4, 0.5) is 0 Å². The summed E-state index contributed by atoms with van der Waals surface area (Å²) in [6.45, 7) is 5.48. The van der Waals surface area contributed by atoms with E-state index in [0.29, 0.717) is 26.3 Å². The molecule has 2 aromatic carbocycles. The second kappa shape index (κ2) is 12.6. The molecular formula is C22H31N3O3. The summed E-state index contributed by atoms with van der Waals surface area (Å²) in [5.41, 5.74) is 2.27. The fourth-order valence-electron chi connectivity index (χ4n) is 2.57. The summed E-state index contributed by atoms with van der Waals surface area (Å²) in [4.78, 5) is 4.68. The molecule has 0 saturated heterocycles. The zero-order valence-corrected chi connectivity index (χ0v) is 17.0. The molecule has 0 aliphatic heterocycles. The minimum absolute atomic E-state index is 0.577. The van der Waals surface area contributed by atoms with Crippen LogP contribution in [0.3, 0.4) is 0 Å². The number of methoxy groups -OCH3 is 2. The summed E-state index contributed by atoms with van der Waals surface area (Å²) >= 11 is 0. The van der Waals surface area contributed by atoms with Gasteiger partial charge in [-0.15, -0.1) is 0 Å². The fraction of sp³-hybridized carbons (Fsp3) is 0.409. The van der Waals surface area contributed by atoms with Gasteiger partial charge >= 0.3 is 0 Å². The molecule has 2 rings (SSSR count). The van der Waals surface area contributed by atoms with E-state index in [4.69, 9.17) is 14.2 Å². The van der Waals surface area contributed by atoms with E-state index in [1.54, 1.807) is 14.2 Å².